The van der Waals surface area contributed by atoms with Gasteiger partial charge in [-0.3, -0.25) is 0 Å². The largest absolute Gasteiger partial charge is 0.425 e. The molecule has 1 aromatic carbocycles. The molecule has 2 nitrogen and oxygen atoms in total. The third kappa shape index (κ3) is 6.46. The molecule has 0 aliphatic heterocycles. The van der Waals surface area contributed by atoms with Crippen molar-refractivity contribution in [1.29, 1.82) is 0 Å². The second-order valence-corrected chi connectivity index (χ2v) is 7.42. The van der Waals surface area contributed by atoms with Crippen LogP contribution in [0.25, 0.3) is 0 Å². The second kappa shape index (κ2) is 9.51. The maximum absolute atomic E-state index is 13.3. The maximum Gasteiger partial charge on any atom is 0.425 e. The van der Waals surface area contributed by atoms with Gasteiger partial charge in [0.15, 0.2) is 0 Å². The van der Waals surface area contributed by atoms with E-state index in [2.05, 4.69) is 9.47 Å². The Morgan fingerprint density at radius 1 is 0.636 bits per heavy atom. The summed E-state index contributed by atoms with van der Waals surface area (Å²) >= 11 is 0. The van der Waals surface area contributed by atoms with E-state index in [1.54, 1.807) is 0 Å². The quantitative estimate of drug-likeness (QED) is 0.287. The Morgan fingerprint density at radius 3 is 1.39 bits per heavy atom. The number of hydrogen-bond acceptors (Lipinski definition) is 2. The van der Waals surface area contributed by atoms with Gasteiger partial charge in [0.25, 0.3) is 0 Å². The smallest absolute Gasteiger partial charge is 0.315 e. The molecule has 0 amide bonds. The average Bonchev–Trinajstić information content (AvgIpc) is 2.61. The lowest BCUT2D eigenvalue weighted by Gasteiger charge is -2.30. The van der Waals surface area contributed by atoms with Crippen LogP contribution < -0.4 is 0 Å². The summed E-state index contributed by atoms with van der Waals surface area (Å²) in [6.07, 6.45) is -11.8. The molecule has 1 rings (SSSR count). The SMILES string of the molecule is Cc1cc(CCOC(F)(F)C(F)(F)C(C)(F)F)ccc1CCOC(F)(F)C(F)(F)C(C)(F)F. The normalized spacial score (nSPS) is 14.6. The Morgan fingerprint density at radius 2 is 1.03 bits per heavy atom. The van der Waals surface area contributed by atoms with E-state index in [1.807, 2.05) is 0 Å². The number of halogens is 12. The third-order valence-electron chi connectivity index (χ3n) is 4.57. The minimum absolute atomic E-state index is 0.210. The van der Waals surface area contributed by atoms with Crippen molar-refractivity contribution < 1.29 is 62.2 Å². The molecular weight excluding hydrogens is 488 g/mol. The lowest BCUT2D eigenvalue weighted by molar-refractivity contribution is -0.394. The predicted octanol–water partition coefficient (Wildman–Crippen LogP) is 6.88. The number of alkyl halides is 12. The molecule has 33 heavy (non-hydrogen) atoms. The highest BCUT2D eigenvalue weighted by Gasteiger charge is 2.71. The molecule has 0 radical (unpaired) electrons. The van der Waals surface area contributed by atoms with Crippen molar-refractivity contribution in [2.45, 2.75) is 69.5 Å². The highest BCUT2D eigenvalue weighted by atomic mass is 19.4. The van der Waals surface area contributed by atoms with Crippen LogP contribution in [0.15, 0.2) is 18.2 Å². The van der Waals surface area contributed by atoms with Crippen molar-refractivity contribution in [2.24, 2.45) is 0 Å². The minimum atomic E-state index is -5.76. The lowest BCUT2D eigenvalue weighted by atomic mass is 10.0. The molecule has 1 aromatic rings. The van der Waals surface area contributed by atoms with Crippen molar-refractivity contribution in [3.8, 4) is 0 Å². The molecule has 192 valence electrons. The molecular formula is C19H20F12O2. The standard InChI is InChI=1S/C19H20F12O2/c1-11-10-12(6-8-32-18(28,29)16(24,25)14(2,20)21)4-5-13(11)7-9-33-19(30,31)17(26,27)15(3,22)23/h4-5,10H,6-9H2,1-3H3. The van der Waals surface area contributed by atoms with Gasteiger partial charge in [0.2, 0.25) is 0 Å². The van der Waals surface area contributed by atoms with E-state index in [0.29, 0.717) is 5.56 Å². The molecule has 0 atom stereocenters. The molecule has 0 bridgehead atoms. The van der Waals surface area contributed by atoms with Crippen LogP contribution in [0.4, 0.5) is 52.7 Å². The first-order valence-corrected chi connectivity index (χ1v) is 9.20. The van der Waals surface area contributed by atoms with Gasteiger partial charge >= 0.3 is 35.9 Å². The van der Waals surface area contributed by atoms with Crippen molar-refractivity contribution in [2.75, 3.05) is 13.2 Å². The van der Waals surface area contributed by atoms with Gasteiger partial charge < -0.3 is 9.47 Å². The van der Waals surface area contributed by atoms with Gasteiger partial charge in [-0.25, -0.2) is 0 Å². The van der Waals surface area contributed by atoms with E-state index < -0.39 is 62.0 Å². The number of benzene rings is 1. The summed E-state index contributed by atoms with van der Waals surface area (Å²) < 4.78 is 164. The summed E-state index contributed by atoms with van der Waals surface area (Å²) in [6, 6.07) is 3.76. The Balaban J connectivity index is 2.70. The lowest BCUT2D eigenvalue weighted by Crippen LogP contribution is -2.54. The number of rotatable bonds is 12. The summed E-state index contributed by atoms with van der Waals surface area (Å²) in [5, 5.41) is 0. The molecule has 0 fully saturated rings. The molecule has 0 N–H and O–H groups in total. The molecule has 0 aliphatic carbocycles. The van der Waals surface area contributed by atoms with Crippen LogP contribution in [0.2, 0.25) is 0 Å². The molecule has 0 saturated carbocycles. The summed E-state index contributed by atoms with van der Waals surface area (Å²) in [6.45, 7) is -1.53. The highest BCUT2D eigenvalue weighted by Crippen LogP contribution is 2.47. The zero-order valence-corrected chi connectivity index (χ0v) is 17.4. The number of hydrogen-bond donors (Lipinski definition) is 0. The van der Waals surface area contributed by atoms with Crippen LogP contribution in [-0.4, -0.2) is 49.1 Å². The van der Waals surface area contributed by atoms with E-state index >= 15 is 0 Å². The zero-order valence-electron chi connectivity index (χ0n) is 17.4. The summed E-state index contributed by atoms with van der Waals surface area (Å²) in [5.41, 5.74) is 0.760. The maximum atomic E-state index is 13.3. The molecule has 0 unspecified atom stereocenters. The van der Waals surface area contributed by atoms with Crippen LogP contribution in [0.3, 0.4) is 0 Å². The van der Waals surface area contributed by atoms with Crippen LogP contribution in [0.1, 0.15) is 30.5 Å². The van der Waals surface area contributed by atoms with E-state index in [4.69, 9.17) is 0 Å². The first-order valence-electron chi connectivity index (χ1n) is 9.20. The van der Waals surface area contributed by atoms with Crippen molar-refractivity contribution in [3.05, 3.63) is 34.9 Å². The van der Waals surface area contributed by atoms with Crippen LogP contribution >= 0.6 is 0 Å². The first kappa shape index (κ1) is 29.3. The van der Waals surface area contributed by atoms with Gasteiger partial charge in [-0.1, -0.05) is 18.2 Å². The van der Waals surface area contributed by atoms with Gasteiger partial charge in [-0.05, 0) is 36.5 Å². The monoisotopic (exact) mass is 508 g/mol. The molecule has 0 saturated heterocycles. The molecule has 0 spiro atoms. The number of ether oxygens (including phenoxy) is 2. The Kier molecular flexibility index (Phi) is 8.45. The summed E-state index contributed by atoms with van der Waals surface area (Å²) in [4.78, 5) is 0. The predicted molar refractivity (Wildman–Crippen MR) is 91.5 cm³/mol. The van der Waals surface area contributed by atoms with E-state index in [1.165, 1.54) is 25.1 Å². The molecule has 0 aromatic heterocycles. The van der Waals surface area contributed by atoms with Crippen molar-refractivity contribution in [1.82, 2.24) is 0 Å². The van der Waals surface area contributed by atoms with Crippen LogP contribution in [-0.2, 0) is 22.3 Å². The van der Waals surface area contributed by atoms with Crippen LogP contribution in [0, 0.1) is 6.92 Å². The highest BCUT2D eigenvalue weighted by molar-refractivity contribution is 5.31. The van der Waals surface area contributed by atoms with Crippen LogP contribution in [0.5, 0.6) is 0 Å². The van der Waals surface area contributed by atoms with Gasteiger partial charge in [0.1, 0.15) is 0 Å². The topological polar surface area (TPSA) is 18.5 Å². The van der Waals surface area contributed by atoms with Crippen molar-refractivity contribution >= 4 is 0 Å². The third-order valence-corrected chi connectivity index (χ3v) is 4.57. The van der Waals surface area contributed by atoms with E-state index in [-0.39, 0.29) is 25.0 Å². The van der Waals surface area contributed by atoms with Gasteiger partial charge in [0.05, 0.1) is 13.2 Å². The Bertz CT molecular complexity index is 797. The summed E-state index contributed by atoms with van der Waals surface area (Å²) in [7, 11) is 0. The fraction of sp³-hybridized carbons (Fsp3) is 0.684. The van der Waals surface area contributed by atoms with Gasteiger partial charge in [-0.15, -0.1) is 0 Å². The first-order chi connectivity index (χ1) is 14.6. The average molecular weight is 508 g/mol. The summed E-state index contributed by atoms with van der Waals surface area (Å²) in [5.74, 6) is -21.6. The van der Waals surface area contributed by atoms with Gasteiger partial charge in [0, 0.05) is 13.8 Å². The van der Waals surface area contributed by atoms with Crippen molar-refractivity contribution in [3.63, 3.8) is 0 Å². The molecule has 14 heteroatoms. The molecule has 0 heterocycles. The minimum Gasteiger partial charge on any atom is -0.315 e. The van der Waals surface area contributed by atoms with E-state index in [9.17, 15) is 52.7 Å². The molecule has 0 aliphatic rings. The Labute approximate surface area is 180 Å². The fourth-order valence-corrected chi connectivity index (χ4v) is 2.47. The van der Waals surface area contributed by atoms with Gasteiger partial charge in [-0.2, -0.15) is 52.7 Å². The van der Waals surface area contributed by atoms with E-state index in [0.717, 1.165) is 0 Å². The fourth-order valence-electron chi connectivity index (χ4n) is 2.47. The number of aryl methyl sites for hydroxylation is 1. The zero-order chi connectivity index (χ0) is 26.1. The second-order valence-electron chi connectivity index (χ2n) is 7.42. The Hall–Kier alpha value is -1.70.